The number of piperazine rings is 1. The second-order valence-corrected chi connectivity index (χ2v) is 8.39. The third-order valence-electron chi connectivity index (χ3n) is 5.45. The minimum absolute atomic E-state index is 0.0732. The summed E-state index contributed by atoms with van der Waals surface area (Å²) < 4.78 is 0. The molecule has 0 bridgehead atoms. The molecule has 2 amide bonds. The largest absolute Gasteiger partial charge is 0.352 e. The number of carbonyl (C=O) groups excluding carboxylic acids is 1. The van der Waals surface area contributed by atoms with Crippen molar-refractivity contribution in [1.29, 1.82) is 0 Å². The number of nitrogens with zero attached hydrogens (tertiary/aromatic N) is 5. The van der Waals surface area contributed by atoms with E-state index in [0.717, 1.165) is 69.6 Å². The van der Waals surface area contributed by atoms with Gasteiger partial charge in [-0.15, -0.1) is 0 Å². The lowest BCUT2D eigenvalue weighted by atomic mass is 10.1. The molecule has 0 saturated carbocycles. The summed E-state index contributed by atoms with van der Waals surface area (Å²) in [6.07, 6.45) is 2.99. The Morgan fingerprint density at radius 3 is 2.67 bits per heavy atom. The Hall–Kier alpha value is -1.89. The van der Waals surface area contributed by atoms with Crippen LogP contribution in [0.3, 0.4) is 0 Å². The normalized spacial score (nSPS) is 21.1. The van der Waals surface area contributed by atoms with Crippen LogP contribution in [0.1, 0.15) is 31.7 Å². The van der Waals surface area contributed by atoms with E-state index in [1.54, 1.807) is 6.20 Å². The first-order chi connectivity index (χ1) is 12.9. The zero-order chi connectivity index (χ0) is 19.4. The molecule has 1 N–H and O–H groups in total. The number of likely N-dealkylation sites (tertiary alicyclic amines) is 1. The zero-order valence-electron chi connectivity index (χ0n) is 17.2. The molecule has 1 unspecified atom stereocenters. The maximum absolute atomic E-state index is 12.5. The molecule has 150 valence electrons. The molecule has 0 radical (unpaired) electrons. The van der Waals surface area contributed by atoms with Crippen molar-refractivity contribution < 1.29 is 4.79 Å². The molecule has 3 rings (SSSR count). The van der Waals surface area contributed by atoms with Crippen LogP contribution in [-0.2, 0) is 0 Å². The molecule has 27 heavy (non-hydrogen) atoms. The number of amides is 2. The van der Waals surface area contributed by atoms with Crippen molar-refractivity contribution in [3.63, 3.8) is 0 Å². The Bertz CT molecular complexity index is 641. The highest BCUT2D eigenvalue weighted by molar-refractivity contribution is 5.74. The van der Waals surface area contributed by atoms with Crippen molar-refractivity contribution in [2.75, 3.05) is 57.3 Å². The maximum Gasteiger partial charge on any atom is 0.317 e. The van der Waals surface area contributed by atoms with Gasteiger partial charge in [0.25, 0.3) is 0 Å². The monoisotopic (exact) mass is 374 g/mol. The number of nitrogens with one attached hydrogen (secondary N) is 1. The van der Waals surface area contributed by atoms with Crippen molar-refractivity contribution in [2.45, 2.75) is 34.1 Å². The lowest BCUT2D eigenvalue weighted by Crippen LogP contribution is -2.52. The number of hydrogen-bond donors (Lipinski definition) is 1. The van der Waals surface area contributed by atoms with E-state index >= 15 is 0 Å². The van der Waals surface area contributed by atoms with E-state index in [9.17, 15) is 4.79 Å². The minimum Gasteiger partial charge on any atom is -0.352 e. The first kappa shape index (κ1) is 19.9. The van der Waals surface area contributed by atoms with Gasteiger partial charge in [-0.2, -0.15) is 0 Å². The summed E-state index contributed by atoms with van der Waals surface area (Å²) in [4.78, 5) is 28.2. The first-order valence-corrected chi connectivity index (χ1v) is 10.2. The van der Waals surface area contributed by atoms with E-state index in [2.05, 4.69) is 38.9 Å². The van der Waals surface area contributed by atoms with Crippen LogP contribution in [0.5, 0.6) is 0 Å². The summed E-state index contributed by atoms with van der Waals surface area (Å²) in [7, 11) is 0. The van der Waals surface area contributed by atoms with Gasteiger partial charge in [0.2, 0.25) is 0 Å². The van der Waals surface area contributed by atoms with Crippen LogP contribution in [0.15, 0.2) is 6.20 Å². The van der Waals surface area contributed by atoms with Gasteiger partial charge < -0.3 is 20.0 Å². The average Bonchev–Trinajstić information content (AvgIpc) is 3.08. The van der Waals surface area contributed by atoms with Gasteiger partial charge in [-0.3, -0.25) is 4.98 Å². The summed E-state index contributed by atoms with van der Waals surface area (Å²) in [5.74, 6) is 2.24. The number of rotatable bonds is 5. The van der Waals surface area contributed by atoms with Gasteiger partial charge in [-0.25, -0.2) is 9.78 Å². The van der Waals surface area contributed by atoms with Crippen molar-refractivity contribution in [3.05, 3.63) is 17.6 Å². The zero-order valence-corrected chi connectivity index (χ0v) is 17.2. The number of aryl methyl sites for hydroxylation is 2. The highest BCUT2D eigenvalue weighted by Crippen LogP contribution is 2.18. The molecular weight excluding hydrogens is 340 g/mol. The molecule has 3 heterocycles. The molecular formula is C20H34N6O. The third kappa shape index (κ3) is 5.31. The van der Waals surface area contributed by atoms with E-state index < -0.39 is 0 Å². The second kappa shape index (κ2) is 8.87. The SMILES string of the molecule is Cc1cnc(C)c(N2CCN(C(=O)NCC3CCN(CC(C)C)C3)CC2)n1. The molecule has 1 aromatic heterocycles. The van der Waals surface area contributed by atoms with E-state index in [0.29, 0.717) is 11.8 Å². The summed E-state index contributed by atoms with van der Waals surface area (Å²) >= 11 is 0. The topological polar surface area (TPSA) is 64.6 Å². The van der Waals surface area contributed by atoms with Crippen LogP contribution in [-0.4, -0.2) is 78.2 Å². The van der Waals surface area contributed by atoms with Gasteiger partial charge in [-0.1, -0.05) is 13.8 Å². The Labute approximate surface area is 163 Å². The smallest absolute Gasteiger partial charge is 0.317 e. The number of carbonyl (C=O) groups is 1. The molecule has 2 fully saturated rings. The summed E-state index contributed by atoms with van der Waals surface area (Å²) in [6, 6.07) is 0.0732. The van der Waals surface area contributed by atoms with Gasteiger partial charge in [-0.05, 0) is 38.6 Å². The molecule has 1 aromatic rings. The number of hydrogen-bond acceptors (Lipinski definition) is 5. The van der Waals surface area contributed by atoms with Crippen LogP contribution < -0.4 is 10.2 Å². The van der Waals surface area contributed by atoms with Gasteiger partial charge in [0.1, 0.15) is 5.82 Å². The fraction of sp³-hybridized carbons (Fsp3) is 0.750. The van der Waals surface area contributed by atoms with Crippen LogP contribution >= 0.6 is 0 Å². The van der Waals surface area contributed by atoms with E-state index in [-0.39, 0.29) is 6.03 Å². The van der Waals surface area contributed by atoms with Gasteiger partial charge in [0.15, 0.2) is 0 Å². The molecule has 0 aromatic carbocycles. The molecule has 0 aliphatic carbocycles. The second-order valence-electron chi connectivity index (χ2n) is 8.39. The van der Waals surface area contributed by atoms with Gasteiger partial charge in [0, 0.05) is 52.0 Å². The van der Waals surface area contributed by atoms with Crippen LogP contribution in [0.25, 0.3) is 0 Å². The standard InChI is InChI=1S/C20H34N6O/c1-15(2)13-24-6-5-18(14-24)12-22-20(27)26-9-7-25(8-10-26)19-17(4)21-11-16(3)23-19/h11,15,18H,5-10,12-14H2,1-4H3,(H,22,27). The number of urea groups is 1. The fourth-order valence-corrected chi connectivity index (χ4v) is 4.05. The molecule has 2 saturated heterocycles. The Morgan fingerprint density at radius 2 is 1.96 bits per heavy atom. The Kier molecular flexibility index (Phi) is 6.52. The molecule has 2 aliphatic heterocycles. The lowest BCUT2D eigenvalue weighted by Gasteiger charge is -2.36. The van der Waals surface area contributed by atoms with Crippen LogP contribution in [0.4, 0.5) is 10.6 Å². The van der Waals surface area contributed by atoms with E-state index in [1.807, 2.05) is 18.7 Å². The van der Waals surface area contributed by atoms with E-state index in [4.69, 9.17) is 0 Å². The molecule has 0 spiro atoms. The van der Waals surface area contributed by atoms with Crippen molar-refractivity contribution in [3.8, 4) is 0 Å². The van der Waals surface area contributed by atoms with Gasteiger partial charge >= 0.3 is 6.03 Å². The van der Waals surface area contributed by atoms with Crippen molar-refractivity contribution in [1.82, 2.24) is 25.1 Å². The van der Waals surface area contributed by atoms with Gasteiger partial charge in [0.05, 0.1) is 11.4 Å². The summed E-state index contributed by atoms with van der Waals surface area (Å²) in [6.45, 7) is 15.8. The minimum atomic E-state index is 0.0732. The fourth-order valence-electron chi connectivity index (χ4n) is 4.05. The Morgan fingerprint density at radius 1 is 1.22 bits per heavy atom. The highest BCUT2D eigenvalue weighted by Gasteiger charge is 2.26. The molecule has 7 heteroatoms. The first-order valence-electron chi connectivity index (χ1n) is 10.2. The van der Waals surface area contributed by atoms with Crippen LogP contribution in [0.2, 0.25) is 0 Å². The summed E-state index contributed by atoms with van der Waals surface area (Å²) in [5.41, 5.74) is 1.88. The van der Waals surface area contributed by atoms with Crippen molar-refractivity contribution in [2.24, 2.45) is 11.8 Å². The predicted molar refractivity (Wildman–Crippen MR) is 108 cm³/mol. The van der Waals surface area contributed by atoms with Crippen LogP contribution in [0, 0.1) is 25.7 Å². The maximum atomic E-state index is 12.5. The highest BCUT2D eigenvalue weighted by atomic mass is 16.2. The Balaban J connectivity index is 1.42. The average molecular weight is 375 g/mol. The lowest BCUT2D eigenvalue weighted by molar-refractivity contribution is 0.192. The molecule has 7 nitrogen and oxygen atoms in total. The number of aromatic nitrogens is 2. The molecule has 2 aliphatic rings. The van der Waals surface area contributed by atoms with Crippen molar-refractivity contribution >= 4 is 11.8 Å². The molecule has 1 atom stereocenters. The quantitative estimate of drug-likeness (QED) is 0.853. The predicted octanol–water partition coefficient (Wildman–Crippen LogP) is 1.90. The summed E-state index contributed by atoms with van der Waals surface area (Å²) in [5, 5.41) is 3.16. The number of anilines is 1. The third-order valence-corrected chi connectivity index (χ3v) is 5.45. The van der Waals surface area contributed by atoms with E-state index in [1.165, 1.54) is 6.42 Å².